The Morgan fingerprint density at radius 2 is 1.19 bits per heavy atom. The molecule has 6 heteroatoms. The largest absolute Gasteiger partial charge is 0.456 e. The van der Waals surface area contributed by atoms with Gasteiger partial charge in [-0.1, -0.05) is 84.9 Å². The Morgan fingerprint density at radius 3 is 2.10 bits per heavy atom. The van der Waals surface area contributed by atoms with E-state index >= 15 is 0 Å². The first kappa shape index (κ1) is 22.9. The van der Waals surface area contributed by atoms with Crippen molar-refractivity contribution in [2.75, 3.05) is 0 Å². The van der Waals surface area contributed by atoms with Gasteiger partial charge in [0.05, 0.1) is 5.56 Å². The summed E-state index contributed by atoms with van der Waals surface area (Å²) in [5.74, 6) is 1.60. The second kappa shape index (κ2) is 8.81. The topological polar surface area (TPSA) is 77.8 Å². The van der Waals surface area contributed by atoms with Gasteiger partial charge in [0.1, 0.15) is 22.3 Å². The van der Waals surface area contributed by atoms with Crippen LogP contribution in [0.4, 0.5) is 0 Å². The highest BCUT2D eigenvalue weighted by Crippen LogP contribution is 2.39. The summed E-state index contributed by atoms with van der Waals surface area (Å²) in [6, 6.07) is 36.5. The molecule has 0 saturated carbocycles. The van der Waals surface area contributed by atoms with Gasteiger partial charge in [-0.2, -0.15) is 0 Å². The number of aromatic nitrogens is 4. The lowest BCUT2D eigenvalue weighted by atomic mass is 10.0. The summed E-state index contributed by atoms with van der Waals surface area (Å²) < 4.78 is 12.6. The van der Waals surface area contributed by atoms with Gasteiger partial charge >= 0.3 is 0 Å². The minimum Gasteiger partial charge on any atom is -0.456 e. The van der Waals surface area contributed by atoms with E-state index < -0.39 is 0 Å². The molecule has 0 amide bonds. The van der Waals surface area contributed by atoms with Crippen LogP contribution in [0, 0.1) is 0 Å². The first-order valence-electron chi connectivity index (χ1n) is 13.7. The van der Waals surface area contributed by atoms with Crippen LogP contribution in [-0.4, -0.2) is 19.9 Å². The summed E-state index contributed by atoms with van der Waals surface area (Å²) in [5.41, 5.74) is 5.55. The van der Waals surface area contributed by atoms with Crippen LogP contribution in [0.5, 0.6) is 0 Å². The molecule has 0 aliphatic rings. The maximum atomic E-state index is 6.47. The molecule has 0 aliphatic carbocycles. The molecule has 0 saturated heterocycles. The number of hydrogen-bond acceptors (Lipinski definition) is 6. The SMILES string of the molecule is c1ccc(-c2nc(-c3ccc4c(c3)oc3ccccc34)nc(-c3cncc4c3oc3ccc5ccccc5c34)n2)cc1. The van der Waals surface area contributed by atoms with E-state index in [0.29, 0.717) is 28.6 Å². The normalized spacial score (nSPS) is 11.8. The summed E-state index contributed by atoms with van der Waals surface area (Å²) in [5, 5.41) is 6.35. The lowest BCUT2D eigenvalue weighted by Crippen LogP contribution is -2.00. The molecule has 5 aromatic carbocycles. The molecule has 0 aliphatic heterocycles. The fourth-order valence-electron chi connectivity index (χ4n) is 5.83. The van der Waals surface area contributed by atoms with E-state index in [1.165, 1.54) is 0 Å². The highest BCUT2D eigenvalue weighted by atomic mass is 16.3. The molecule has 0 fully saturated rings. The van der Waals surface area contributed by atoms with Gasteiger partial charge in [-0.3, -0.25) is 4.98 Å². The third-order valence-corrected chi connectivity index (χ3v) is 7.81. The molecule has 4 aromatic heterocycles. The average Bonchev–Trinajstić information content (AvgIpc) is 3.63. The first-order valence-corrected chi connectivity index (χ1v) is 13.7. The van der Waals surface area contributed by atoms with Crippen molar-refractivity contribution in [3.63, 3.8) is 0 Å². The average molecular weight is 541 g/mol. The van der Waals surface area contributed by atoms with E-state index in [2.05, 4.69) is 35.3 Å². The Morgan fingerprint density at radius 1 is 0.452 bits per heavy atom. The van der Waals surface area contributed by atoms with Crippen LogP contribution in [0.15, 0.2) is 130 Å². The number of rotatable bonds is 3. The smallest absolute Gasteiger partial charge is 0.169 e. The Kier molecular flexibility index (Phi) is 4.80. The van der Waals surface area contributed by atoms with Crippen LogP contribution in [0.1, 0.15) is 0 Å². The molecule has 0 bridgehead atoms. The predicted octanol–water partition coefficient (Wildman–Crippen LogP) is 9.22. The van der Waals surface area contributed by atoms with Crippen LogP contribution < -0.4 is 0 Å². The van der Waals surface area contributed by atoms with Crippen LogP contribution in [-0.2, 0) is 0 Å². The standard InChI is InChI=1S/C36H20N4O2/c1-2-9-22(10-3-1)34-38-35(23-14-16-26-25-12-6-7-13-29(25)41-31(26)18-23)40-36(39-34)28-20-37-19-27-32-24-11-5-4-8-21(24)15-17-30(32)42-33(27)28/h1-20H. The van der Waals surface area contributed by atoms with E-state index in [1.54, 1.807) is 6.20 Å². The molecule has 4 heterocycles. The monoisotopic (exact) mass is 540 g/mol. The van der Waals surface area contributed by atoms with Gasteiger partial charge in [0.25, 0.3) is 0 Å². The zero-order valence-electron chi connectivity index (χ0n) is 22.2. The van der Waals surface area contributed by atoms with Gasteiger partial charge < -0.3 is 8.83 Å². The molecule has 9 rings (SSSR count). The quantitative estimate of drug-likeness (QED) is 0.222. The number of hydrogen-bond donors (Lipinski definition) is 0. The van der Waals surface area contributed by atoms with E-state index in [0.717, 1.165) is 60.2 Å². The van der Waals surface area contributed by atoms with Crippen molar-refractivity contribution >= 4 is 54.6 Å². The second-order valence-electron chi connectivity index (χ2n) is 10.3. The highest BCUT2D eigenvalue weighted by Gasteiger charge is 2.20. The summed E-state index contributed by atoms with van der Waals surface area (Å²) in [6.45, 7) is 0. The maximum Gasteiger partial charge on any atom is 0.169 e. The number of furan rings is 2. The van der Waals surface area contributed by atoms with Crippen molar-refractivity contribution in [2.24, 2.45) is 0 Å². The van der Waals surface area contributed by atoms with Gasteiger partial charge in [-0.05, 0) is 35.0 Å². The van der Waals surface area contributed by atoms with Gasteiger partial charge in [-0.15, -0.1) is 0 Å². The number of para-hydroxylation sites is 1. The van der Waals surface area contributed by atoms with E-state index in [-0.39, 0.29) is 0 Å². The molecule has 0 spiro atoms. The lowest BCUT2D eigenvalue weighted by molar-refractivity contribution is 0.668. The van der Waals surface area contributed by atoms with Crippen molar-refractivity contribution in [1.82, 2.24) is 19.9 Å². The maximum absolute atomic E-state index is 6.47. The number of nitrogens with zero attached hydrogens (tertiary/aromatic N) is 4. The second-order valence-corrected chi connectivity index (χ2v) is 10.3. The van der Waals surface area contributed by atoms with Gasteiger partial charge in [0.2, 0.25) is 0 Å². The molecule has 196 valence electrons. The minimum atomic E-state index is 0.491. The number of benzene rings is 5. The molecule has 0 unspecified atom stereocenters. The molecular formula is C36H20N4O2. The lowest BCUT2D eigenvalue weighted by Gasteiger charge is -2.08. The third kappa shape index (κ3) is 3.45. The van der Waals surface area contributed by atoms with Crippen molar-refractivity contribution in [2.45, 2.75) is 0 Å². The Hall–Kier alpha value is -5.88. The van der Waals surface area contributed by atoms with Gasteiger partial charge in [0.15, 0.2) is 17.5 Å². The molecule has 0 atom stereocenters. The van der Waals surface area contributed by atoms with Crippen LogP contribution in [0.3, 0.4) is 0 Å². The Balaban J connectivity index is 1.30. The van der Waals surface area contributed by atoms with E-state index in [1.807, 2.05) is 85.1 Å². The predicted molar refractivity (Wildman–Crippen MR) is 166 cm³/mol. The van der Waals surface area contributed by atoms with Crippen molar-refractivity contribution < 1.29 is 8.83 Å². The van der Waals surface area contributed by atoms with Crippen molar-refractivity contribution in [3.05, 3.63) is 122 Å². The molecule has 42 heavy (non-hydrogen) atoms. The molecule has 9 aromatic rings. The summed E-state index contributed by atoms with van der Waals surface area (Å²) in [6.07, 6.45) is 3.62. The first-order chi connectivity index (χ1) is 20.8. The molecular weight excluding hydrogens is 520 g/mol. The zero-order valence-corrected chi connectivity index (χ0v) is 22.2. The third-order valence-electron chi connectivity index (χ3n) is 7.81. The van der Waals surface area contributed by atoms with E-state index in [4.69, 9.17) is 23.8 Å². The minimum absolute atomic E-state index is 0.491. The fraction of sp³-hybridized carbons (Fsp3) is 0. The van der Waals surface area contributed by atoms with Gasteiger partial charge in [0, 0.05) is 45.1 Å². The van der Waals surface area contributed by atoms with Gasteiger partial charge in [-0.25, -0.2) is 15.0 Å². The summed E-state index contributed by atoms with van der Waals surface area (Å²) in [7, 11) is 0. The molecule has 0 N–H and O–H groups in total. The van der Waals surface area contributed by atoms with Crippen LogP contribution in [0.25, 0.3) is 88.8 Å². The number of fused-ring (bicyclic) bond motifs is 8. The highest BCUT2D eigenvalue weighted by molar-refractivity contribution is 6.20. The number of pyridine rings is 1. The Bertz CT molecular complexity index is 2480. The zero-order chi connectivity index (χ0) is 27.6. The molecule has 0 radical (unpaired) electrons. The van der Waals surface area contributed by atoms with Crippen molar-refractivity contribution in [3.8, 4) is 34.2 Å². The Labute approximate surface area is 238 Å². The van der Waals surface area contributed by atoms with Crippen LogP contribution in [0.2, 0.25) is 0 Å². The fourth-order valence-corrected chi connectivity index (χ4v) is 5.83. The van der Waals surface area contributed by atoms with E-state index in [9.17, 15) is 0 Å². The summed E-state index contributed by atoms with van der Waals surface area (Å²) in [4.78, 5) is 19.4. The molecule has 6 nitrogen and oxygen atoms in total. The summed E-state index contributed by atoms with van der Waals surface area (Å²) >= 11 is 0. The van der Waals surface area contributed by atoms with Crippen molar-refractivity contribution in [1.29, 1.82) is 0 Å². The van der Waals surface area contributed by atoms with Crippen LogP contribution >= 0.6 is 0 Å².